The van der Waals surface area contributed by atoms with Crippen molar-refractivity contribution in [1.29, 1.82) is 0 Å². The summed E-state index contributed by atoms with van der Waals surface area (Å²) in [6.07, 6.45) is 11.1. The molecule has 0 aromatic carbocycles. The number of rotatable bonds is 2. The van der Waals surface area contributed by atoms with Gasteiger partial charge in [-0.15, -0.1) is 0 Å². The molecule has 2 aromatic rings. The number of hydrogen-bond acceptors (Lipinski definition) is 2. The lowest BCUT2D eigenvalue weighted by molar-refractivity contribution is 0.0926. The van der Waals surface area contributed by atoms with E-state index in [1.54, 1.807) is 16.7 Å². The van der Waals surface area contributed by atoms with Gasteiger partial charge in [-0.1, -0.05) is 32.1 Å². The molecule has 1 amide bonds. The van der Waals surface area contributed by atoms with Crippen molar-refractivity contribution in [2.45, 2.75) is 51.0 Å². The number of pyridine rings is 1. The third kappa shape index (κ3) is 3.40. The van der Waals surface area contributed by atoms with Gasteiger partial charge in [0.05, 0.1) is 0 Å². The number of halogens is 1. The van der Waals surface area contributed by atoms with Crippen LogP contribution in [0.5, 0.6) is 0 Å². The van der Waals surface area contributed by atoms with Crippen molar-refractivity contribution in [3.05, 3.63) is 36.0 Å². The molecule has 4 nitrogen and oxygen atoms in total. The van der Waals surface area contributed by atoms with Crippen molar-refractivity contribution in [2.24, 2.45) is 0 Å². The smallest absolute Gasteiger partial charge is 0.271 e. The average molecular weight is 289 g/mol. The molecule has 0 bridgehead atoms. The van der Waals surface area contributed by atoms with Crippen LogP contribution in [-0.2, 0) is 0 Å². The van der Waals surface area contributed by atoms with Gasteiger partial charge >= 0.3 is 0 Å². The Morgan fingerprint density at radius 1 is 1.14 bits per heavy atom. The second kappa shape index (κ2) is 6.24. The number of imidazole rings is 1. The van der Waals surface area contributed by atoms with Gasteiger partial charge < -0.3 is 9.72 Å². The highest BCUT2D eigenvalue weighted by Gasteiger charge is 2.17. The third-order valence-electron chi connectivity index (χ3n) is 4.09. The first-order valence-electron chi connectivity index (χ1n) is 7.67. The molecule has 0 unspecified atom stereocenters. The Hall–Kier alpha value is -1.91. The lowest BCUT2D eigenvalue weighted by Gasteiger charge is -2.20. The number of aromatic nitrogens is 2. The van der Waals surface area contributed by atoms with Gasteiger partial charge in [0, 0.05) is 18.4 Å². The van der Waals surface area contributed by atoms with Crippen LogP contribution in [0, 0.1) is 5.82 Å². The maximum absolute atomic E-state index is 13.2. The van der Waals surface area contributed by atoms with E-state index in [-0.39, 0.29) is 17.8 Å². The van der Waals surface area contributed by atoms with Crippen LogP contribution < -0.4 is 5.32 Å². The molecule has 5 heteroatoms. The quantitative estimate of drug-likeness (QED) is 0.922. The molecule has 0 atom stereocenters. The third-order valence-corrected chi connectivity index (χ3v) is 4.09. The maximum Gasteiger partial charge on any atom is 0.271 e. The Kier molecular flexibility index (Phi) is 4.18. The van der Waals surface area contributed by atoms with Gasteiger partial charge in [-0.05, 0) is 25.0 Å². The molecule has 21 heavy (non-hydrogen) atoms. The normalized spacial score (nSPS) is 17.4. The van der Waals surface area contributed by atoms with Gasteiger partial charge in [0.2, 0.25) is 0 Å². The van der Waals surface area contributed by atoms with Crippen LogP contribution in [0.2, 0.25) is 0 Å². The number of carbonyl (C=O) groups excluding carboxylic acids is 1. The summed E-state index contributed by atoms with van der Waals surface area (Å²) in [5, 5.41) is 3.07. The van der Waals surface area contributed by atoms with E-state index in [4.69, 9.17) is 0 Å². The zero-order chi connectivity index (χ0) is 14.7. The number of fused-ring (bicyclic) bond motifs is 1. The minimum absolute atomic E-state index is 0.162. The molecule has 0 aliphatic heterocycles. The van der Waals surface area contributed by atoms with E-state index in [9.17, 15) is 9.18 Å². The van der Waals surface area contributed by atoms with E-state index < -0.39 is 0 Å². The van der Waals surface area contributed by atoms with Crippen LogP contribution in [0.15, 0.2) is 24.5 Å². The summed E-state index contributed by atoms with van der Waals surface area (Å²) in [6, 6.07) is 3.15. The van der Waals surface area contributed by atoms with Crippen molar-refractivity contribution in [3.8, 4) is 0 Å². The highest BCUT2D eigenvalue weighted by Crippen LogP contribution is 2.17. The van der Waals surface area contributed by atoms with Gasteiger partial charge in [0.15, 0.2) is 0 Å². The summed E-state index contributed by atoms with van der Waals surface area (Å²) in [4.78, 5) is 16.5. The van der Waals surface area contributed by atoms with E-state index in [1.165, 1.54) is 44.4 Å². The monoisotopic (exact) mass is 289 g/mol. The van der Waals surface area contributed by atoms with Gasteiger partial charge in [0.1, 0.15) is 17.2 Å². The molecule has 1 N–H and O–H groups in total. The Balaban J connectivity index is 1.70. The summed E-state index contributed by atoms with van der Waals surface area (Å²) >= 11 is 0. The van der Waals surface area contributed by atoms with Crippen molar-refractivity contribution in [1.82, 2.24) is 14.7 Å². The van der Waals surface area contributed by atoms with Crippen LogP contribution >= 0.6 is 0 Å². The van der Waals surface area contributed by atoms with Crippen LogP contribution in [0.4, 0.5) is 4.39 Å². The van der Waals surface area contributed by atoms with Crippen LogP contribution in [0.25, 0.3) is 5.65 Å². The number of carbonyl (C=O) groups is 1. The Labute approximate surface area is 123 Å². The summed E-state index contributed by atoms with van der Waals surface area (Å²) in [5.41, 5.74) is 0.932. The average Bonchev–Trinajstić information content (AvgIpc) is 2.84. The molecular formula is C16H20FN3O. The predicted molar refractivity (Wildman–Crippen MR) is 78.7 cm³/mol. The number of nitrogens with zero attached hydrogens (tertiary/aromatic N) is 2. The fourth-order valence-electron chi connectivity index (χ4n) is 2.93. The Bertz CT molecular complexity index is 629. The van der Waals surface area contributed by atoms with E-state index in [1.807, 2.05) is 0 Å². The van der Waals surface area contributed by atoms with Gasteiger partial charge in [-0.3, -0.25) is 4.79 Å². The van der Waals surface area contributed by atoms with E-state index in [0.29, 0.717) is 11.3 Å². The number of nitrogens with one attached hydrogen (secondary N) is 1. The topological polar surface area (TPSA) is 46.4 Å². The molecule has 0 radical (unpaired) electrons. The molecule has 1 aliphatic carbocycles. The second-order valence-corrected chi connectivity index (χ2v) is 5.75. The van der Waals surface area contributed by atoms with Crippen molar-refractivity contribution >= 4 is 11.6 Å². The molecule has 112 valence electrons. The SMILES string of the molecule is O=C(NC1CCCCCCC1)c1cn2cc(F)ccc2n1. The van der Waals surface area contributed by atoms with Gasteiger partial charge in [0.25, 0.3) is 5.91 Å². The molecule has 2 aromatic heterocycles. The molecule has 1 saturated carbocycles. The maximum atomic E-state index is 13.2. The first-order chi connectivity index (χ1) is 10.2. The highest BCUT2D eigenvalue weighted by molar-refractivity contribution is 5.93. The van der Waals surface area contributed by atoms with Crippen molar-refractivity contribution < 1.29 is 9.18 Å². The molecule has 1 aliphatic rings. The highest BCUT2D eigenvalue weighted by atomic mass is 19.1. The van der Waals surface area contributed by atoms with Crippen molar-refractivity contribution in [2.75, 3.05) is 0 Å². The first-order valence-corrected chi connectivity index (χ1v) is 7.67. The fourth-order valence-corrected chi connectivity index (χ4v) is 2.93. The standard InChI is InChI=1S/C16H20FN3O/c17-12-8-9-15-19-14(11-20(15)10-12)16(21)18-13-6-4-2-1-3-5-7-13/h8-11,13H,1-7H2,(H,18,21). The molecular weight excluding hydrogens is 269 g/mol. The Morgan fingerprint density at radius 3 is 2.62 bits per heavy atom. The van der Waals surface area contributed by atoms with Crippen molar-refractivity contribution in [3.63, 3.8) is 0 Å². The van der Waals surface area contributed by atoms with Crippen LogP contribution in [0.1, 0.15) is 55.4 Å². The molecule has 0 saturated heterocycles. The zero-order valence-corrected chi connectivity index (χ0v) is 12.0. The van der Waals surface area contributed by atoms with Crippen LogP contribution in [-0.4, -0.2) is 21.3 Å². The Morgan fingerprint density at radius 2 is 1.86 bits per heavy atom. The minimum Gasteiger partial charge on any atom is -0.348 e. The van der Waals surface area contributed by atoms with E-state index >= 15 is 0 Å². The lowest BCUT2D eigenvalue weighted by Crippen LogP contribution is -2.35. The molecule has 1 fully saturated rings. The van der Waals surface area contributed by atoms with Gasteiger partial charge in [-0.2, -0.15) is 0 Å². The van der Waals surface area contributed by atoms with Gasteiger partial charge in [-0.25, -0.2) is 9.37 Å². The molecule has 0 spiro atoms. The summed E-state index contributed by atoms with van der Waals surface area (Å²) < 4.78 is 14.7. The van der Waals surface area contributed by atoms with Crippen LogP contribution in [0.3, 0.4) is 0 Å². The number of amides is 1. The zero-order valence-electron chi connectivity index (χ0n) is 12.0. The minimum atomic E-state index is -0.341. The van der Waals surface area contributed by atoms with E-state index in [0.717, 1.165) is 12.8 Å². The van der Waals surface area contributed by atoms with E-state index in [2.05, 4.69) is 10.3 Å². The second-order valence-electron chi connectivity index (χ2n) is 5.75. The summed E-state index contributed by atoms with van der Waals surface area (Å²) in [6.45, 7) is 0. The summed E-state index contributed by atoms with van der Waals surface area (Å²) in [5.74, 6) is -0.503. The molecule has 3 rings (SSSR count). The lowest BCUT2D eigenvalue weighted by atomic mass is 9.97. The first kappa shape index (κ1) is 14.0. The predicted octanol–water partition coefficient (Wildman–Crippen LogP) is 3.32. The largest absolute Gasteiger partial charge is 0.348 e. The summed E-state index contributed by atoms with van der Waals surface area (Å²) in [7, 11) is 0. The molecule has 2 heterocycles. The fraction of sp³-hybridized carbons (Fsp3) is 0.500. The number of hydrogen-bond donors (Lipinski definition) is 1.